The minimum Gasteiger partial charge on any atom is -0.0804 e. The third kappa shape index (κ3) is 3.86. The highest BCUT2D eigenvalue weighted by Crippen LogP contribution is 2.34. The van der Waals surface area contributed by atoms with Crippen molar-refractivity contribution in [1.82, 2.24) is 0 Å². The topological polar surface area (TPSA) is 0 Å². The molecule has 0 bridgehead atoms. The van der Waals surface area contributed by atoms with Crippen molar-refractivity contribution in [1.29, 1.82) is 0 Å². The first kappa shape index (κ1) is 16.3. The lowest BCUT2D eigenvalue weighted by molar-refractivity contribution is 0.362. The lowest BCUT2D eigenvalue weighted by Crippen LogP contribution is -2.09. The second kappa shape index (κ2) is 7.34. The van der Waals surface area contributed by atoms with Crippen molar-refractivity contribution >= 4 is 16.3 Å². The SMILES string of the molecule is CCc1ccc2cc(C3=CCC(CC(C)CC)CC3)ccc2c1. The van der Waals surface area contributed by atoms with Crippen LogP contribution in [0.5, 0.6) is 0 Å². The fraction of sp³-hybridized carbons (Fsp3) is 0.478. The second-order valence-electron chi connectivity index (χ2n) is 7.37. The van der Waals surface area contributed by atoms with Gasteiger partial charge in [0, 0.05) is 0 Å². The van der Waals surface area contributed by atoms with Crippen LogP contribution in [-0.4, -0.2) is 0 Å². The zero-order valence-corrected chi connectivity index (χ0v) is 14.9. The Morgan fingerprint density at radius 3 is 2.52 bits per heavy atom. The largest absolute Gasteiger partial charge is 0.0804 e. The van der Waals surface area contributed by atoms with Gasteiger partial charge in [0.1, 0.15) is 0 Å². The quantitative estimate of drug-likeness (QED) is 0.556. The van der Waals surface area contributed by atoms with Crippen LogP contribution < -0.4 is 0 Å². The van der Waals surface area contributed by atoms with E-state index in [0.717, 1.165) is 18.3 Å². The van der Waals surface area contributed by atoms with E-state index in [1.54, 1.807) is 5.57 Å². The van der Waals surface area contributed by atoms with Crippen LogP contribution in [0.1, 0.15) is 64.0 Å². The Bertz CT molecular complexity index is 692. The minimum atomic E-state index is 0.878. The van der Waals surface area contributed by atoms with E-state index in [1.165, 1.54) is 54.0 Å². The fourth-order valence-corrected chi connectivity index (χ4v) is 3.82. The van der Waals surface area contributed by atoms with Crippen LogP contribution in [-0.2, 0) is 6.42 Å². The van der Waals surface area contributed by atoms with Crippen LogP contribution in [0.15, 0.2) is 42.5 Å². The molecule has 23 heavy (non-hydrogen) atoms. The maximum absolute atomic E-state index is 2.51. The van der Waals surface area contributed by atoms with Crippen LogP contribution >= 0.6 is 0 Å². The zero-order valence-electron chi connectivity index (χ0n) is 14.9. The van der Waals surface area contributed by atoms with E-state index < -0.39 is 0 Å². The molecule has 0 heterocycles. The summed E-state index contributed by atoms with van der Waals surface area (Å²) in [5.74, 6) is 1.78. The van der Waals surface area contributed by atoms with Gasteiger partial charge in [0.25, 0.3) is 0 Å². The van der Waals surface area contributed by atoms with Crippen molar-refractivity contribution in [3.8, 4) is 0 Å². The summed E-state index contributed by atoms with van der Waals surface area (Å²) in [6, 6.07) is 13.9. The van der Waals surface area contributed by atoms with Gasteiger partial charge >= 0.3 is 0 Å². The lowest BCUT2D eigenvalue weighted by atomic mass is 9.81. The molecule has 122 valence electrons. The number of hydrogen-bond donors (Lipinski definition) is 0. The molecule has 0 aliphatic heterocycles. The van der Waals surface area contributed by atoms with Crippen LogP contribution in [0, 0.1) is 11.8 Å². The van der Waals surface area contributed by atoms with E-state index in [0.29, 0.717) is 0 Å². The van der Waals surface area contributed by atoms with Crippen LogP contribution in [0.2, 0.25) is 0 Å². The molecule has 0 aromatic heterocycles. The van der Waals surface area contributed by atoms with E-state index in [9.17, 15) is 0 Å². The van der Waals surface area contributed by atoms with E-state index in [2.05, 4.69) is 63.2 Å². The maximum atomic E-state index is 2.51. The monoisotopic (exact) mass is 306 g/mol. The smallest absolute Gasteiger partial charge is 0.0178 e. The second-order valence-corrected chi connectivity index (χ2v) is 7.37. The molecule has 0 saturated carbocycles. The fourth-order valence-electron chi connectivity index (χ4n) is 3.82. The summed E-state index contributed by atoms with van der Waals surface area (Å²) in [5.41, 5.74) is 4.42. The Morgan fingerprint density at radius 1 is 1.04 bits per heavy atom. The highest BCUT2D eigenvalue weighted by molar-refractivity contribution is 5.87. The molecule has 0 saturated heterocycles. The third-order valence-electron chi connectivity index (χ3n) is 5.64. The molecule has 0 amide bonds. The molecule has 2 aromatic rings. The van der Waals surface area contributed by atoms with E-state index in [-0.39, 0.29) is 0 Å². The molecule has 0 heteroatoms. The molecule has 0 fully saturated rings. The summed E-state index contributed by atoms with van der Waals surface area (Å²) in [4.78, 5) is 0. The summed E-state index contributed by atoms with van der Waals surface area (Å²) < 4.78 is 0. The van der Waals surface area contributed by atoms with Gasteiger partial charge in [0.2, 0.25) is 0 Å². The molecule has 2 atom stereocenters. The third-order valence-corrected chi connectivity index (χ3v) is 5.64. The van der Waals surface area contributed by atoms with E-state index >= 15 is 0 Å². The predicted octanol–water partition coefficient (Wildman–Crippen LogP) is 7.02. The number of allylic oxidation sites excluding steroid dienone is 2. The number of aryl methyl sites for hydroxylation is 1. The molecule has 3 rings (SSSR count). The highest BCUT2D eigenvalue weighted by Gasteiger charge is 2.17. The number of hydrogen-bond acceptors (Lipinski definition) is 0. The molecule has 1 aliphatic carbocycles. The van der Waals surface area contributed by atoms with Crippen molar-refractivity contribution in [2.75, 3.05) is 0 Å². The van der Waals surface area contributed by atoms with Crippen molar-refractivity contribution in [3.63, 3.8) is 0 Å². The summed E-state index contributed by atoms with van der Waals surface area (Å²) in [6.45, 7) is 6.93. The predicted molar refractivity (Wildman–Crippen MR) is 103 cm³/mol. The van der Waals surface area contributed by atoms with Crippen LogP contribution in [0.25, 0.3) is 16.3 Å². The van der Waals surface area contributed by atoms with Gasteiger partial charge in [-0.2, -0.15) is 0 Å². The van der Waals surface area contributed by atoms with E-state index in [4.69, 9.17) is 0 Å². The average molecular weight is 306 g/mol. The van der Waals surface area contributed by atoms with Gasteiger partial charge in [0.15, 0.2) is 0 Å². The van der Waals surface area contributed by atoms with Crippen molar-refractivity contribution in [2.45, 2.75) is 59.3 Å². The molecule has 0 radical (unpaired) electrons. The molecule has 2 aromatic carbocycles. The molecular weight excluding hydrogens is 276 g/mol. The molecule has 0 N–H and O–H groups in total. The van der Waals surface area contributed by atoms with Crippen LogP contribution in [0.4, 0.5) is 0 Å². The Labute approximate surface area is 141 Å². The Kier molecular flexibility index (Phi) is 5.20. The zero-order chi connectivity index (χ0) is 16.2. The van der Waals surface area contributed by atoms with Gasteiger partial charge in [-0.05, 0) is 77.5 Å². The Morgan fingerprint density at radius 2 is 1.83 bits per heavy atom. The Balaban J connectivity index is 1.76. The van der Waals surface area contributed by atoms with Crippen molar-refractivity contribution in [2.24, 2.45) is 11.8 Å². The summed E-state index contributed by atoms with van der Waals surface area (Å²) >= 11 is 0. The number of rotatable bonds is 5. The van der Waals surface area contributed by atoms with E-state index in [1.807, 2.05) is 0 Å². The summed E-state index contributed by atoms with van der Waals surface area (Å²) in [5, 5.41) is 2.75. The normalized spacial score (nSPS) is 19.6. The lowest BCUT2D eigenvalue weighted by Gasteiger charge is -2.24. The van der Waals surface area contributed by atoms with Crippen molar-refractivity contribution < 1.29 is 0 Å². The van der Waals surface area contributed by atoms with Gasteiger partial charge in [0.05, 0.1) is 0 Å². The standard InChI is InChI=1S/C23H30/c1-4-17(3)14-19-7-9-20(10-8-19)22-13-12-21-15-18(5-2)6-11-23(21)16-22/h6,9,11-13,15-17,19H,4-5,7-8,10,14H2,1-3H3. The summed E-state index contributed by atoms with van der Waals surface area (Å²) in [6.07, 6.45) is 10.2. The number of fused-ring (bicyclic) bond motifs is 1. The van der Waals surface area contributed by atoms with Crippen LogP contribution in [0.3, 0.4) is 0 Å². The average Bonchev–Trinajstić information content (AvgIpc) is 2.61. The first-order valence-electron chi connectivity index (χ1n) is 9.41. The van der Waals surface area contributed by atoms with Gasteiger partial charge in [-0.1, -0.05) is 63.6 Å². The maximum Gasteiger partial charge on any atom is -0.0178 e. The summed E-state index contributed by atoms with van der Waals surface area (Å²) in [7, 11) is 0. The Hall–Kier alpha value is -1.56. The molecule has 0 nitrogen and oxygen atoms in total. The number of benzene rings is 2. The van der Waals surface area contributed by atoms with Gasteiger partial charge < -0.3 is 0 Å². The molecule has 0 spiro atoms. The highest BCUT2D eigenvalue weighted by atomic mass is 14.2. The minimum absolute atomic E-state index is 0.878. The van der Waals surface area contributed by atoms with Crippen molar-refractivity contribution in [3.05, 3.63) is 53.6 Å². The first-order valence-corrected chi connectivity index (χ1v) is 9.41. The van der Waals surface area contributed by atoms with Gasteiger partial charge in [-0.15, -0.1) is 0 Å². The first-order chi connectivity index (χ1) is 11.2. The van der Waals surface area contributed by atoms with Gasteiger partial charge in [-0.3, -0.25) is 0 Å². The molecule has 2 unspecified atom stereocenters. The van der Waals surface area contributed by atoms with Gasteiger partial charge in [-0.25, -0.2) is 0 Å². The molecule has 1 aliphatic rings. The molecular formula is C23H30.